The highest BCUT2D eigenvalue weighted by Gasteiger charge is 2.28. The van der Waals surface area contributed by atoms with Gasteiger partial charge in [-0.1, -0.05) is 12.1 Å². The highest BCUT2D eigenvalue weighted by atomic mass is 32.2. The lowest BCUT2D eigenvalue weighted by molar-refractivity contribution is -0.120. The van der Waals surface area contributed by atoms with Gasteiger partial charge in [-0.25, -0.2) is 12.8 Å². The van der Waals surface area contributed by atoms with Crippen LogP contribution in [0, 0.1) is 5.82 Å². The van der Waals surface area contributed by atoms with Crippen molar-refractivity contribution in [2.24, 2.45) is 0 Å². The van der Waals surface area contributed by atoms with E-state index in [9.17, 15) is 17.6 Å². The highest BCUT2D eigenvalue weighted by Crippen LogP contribution is 2.26. The Morgan fingerprint density at radius 1 is 0.909 bits per heavy atom. The Hall–Kier alpha value is -3.59. The van der Waals surface area contributed by atoms with Crippen LogP contribution in [0.4, 0.5) is 10.1 Å². The molecule has 1 N–H and O–H groups in total. The van der Waals surface area contributed by atoms with Crippen LogP contribution < -0.4 is 19.1 Å². The molecule has 0 bridgehead atoms. The topological polar surface area (TPSA) is 84.9 Å². The van der Waals surface area contributed by atoms with Crippen LogP contribution in [-0.4, -0.2) is 35.1 Å². The van der Waals surface area contributed by atoms with E-state index in [2.05, 4.69) is 5.32 Å². The van der Waals surface area contributed by atoms with E-state index in [-0.39, 0.29) is 16.6 Å². The lowest BCUT2D eigenvalue weighted by atomic mass is 10.1. The van der Waals surface area contributed by atoms with Crippen molar-refractivity contribution in [2.45, 2.75) is 17.9 Å². The van der Waals surface area contributed by atoms with Crippen LogP contribution in [0.25, 0.3) is 0 Å². The maximum atomic E-state index is 13.5. The van der Waals surface area contributed by atoms with Crippen molar-refractivity contribution in [3.8, 4) is 11.5 Å². The fourth-order valence-electron chi connectivity index (χ4n) is 3.19. The van der Waals surface area contributed by atoms with E-state index in [1.807, 2.05) is 12.1 Å². The maximum absolute atomic E-state index is 13.5. The normalized spacial score (nSPS) is 12.0. The summed E-state index contributed by atoms with van der Waals surface area (Å²) in [7, 11) is -1.08. The van der Waals surface area contributed by atoms with E-state index < -0.39 is 28.3 Å². The largest absolute Gasteiger partial charge is 0.497 e. The number of nitrogens with one attached hydrogen (secondary N) is 1. The fourth-order valence-corrected chi connectivity index (χ4v) is 4.61. The summed E-state index contributed by atoms with van der Waals surface area (Å²) < 4.78 is 51.4. The molecular formula is C24H25FN2O5S. The molecule has 3 aromatic rings. The smallest absolute Gasteiger partial charge is 0.264 e. The summed E-state index contributed by atoms with van der Waals surface area (Å²) in [6.07, 6.45) is 0. The summed E-state index contributed by atoms with van der Waals surface area (Å²) in [4.78, 5) is 12.8. The van der Waals surface area contributed by atoms with Gasteiger partial charge >= 0.3 is 0 Å². The van der Waals surface area contributed by atoms with Crippen molar-refractivity contribution in [2.75, 3.05) is 25.1 Å². The predicted molar refractivity (Wildman–Crippen MR) is 123 cm³/mol. The Labute approximate surface area is 192 Å². The molecule has 0 aliphatic rings. The number of rotatable bonds is 9. The SMILES string of the molecule is COc1ccc([C@@H](C)NC(=O)CN(c2ccc(F)cc2)S(=O)(=O)c2ccc(OC)cc2)cc1. The zero-order valence-corrected chi connectivity index (χ0v) is 19.3. The van der Waals surface area contributed by atoms with Gasteiger partial charge in [0.05, 0.1) is 30.8 Å². The van der Waals surface area contributed by atoms with Gasteiger partial charge in [-0.15, -0.1) is 0 Å². The predicted octanol–water partition coefficient (Wildman–Crippen LogP) is 3.92. The zero-order chi connectivity index (χ0) is 24.0. The minimum Gasteiger partial charge on any atom is -0.497 e. The van der Waals surface area contributed by atoms with Crippen LogP contribution in [0.2, 0.25) is 0 Å². The van der Waals surface area contributed by atoms with Crippen LogP contribution in [-0.2, 0) is 14.8 Å². The molecular weight excluding hydrogens is 447 g/mol. The van der Waals surface area contributed by atoms with Gasteiger partial charge in [0, 0.05) is 0 Å². The van der Waals surface area contributed by atoms with Crippen molar-refractivity contribution in [1.29, 1.82) is 0 Å². The third-order valence-corrected chi connectivity index (χ3v) is 6.83. The molecule has 33 heavy (non-hydrogen) atoms. The van der Waals surface area contributed by atoms with Crippen LogP contribution in [0.1, 0.15) is 18.5 Å². The summed E-state index contributed by atoms with van der Waals surface area (Å²) in [6.45, 7) is 1.31. The van der Waals surface area contributed by atoms with Gasteiger partial charge in [0.2, 0.25) is 5.91 Å². The standard InChI is InChI=1S/C24H25FN2O5S/c1-17(18-4-10-21(31-2)11-5-18)26-24(28)16-27(20-8-6-19(25)7-9-20)33(29,30)23-14-12-22(32-3)13-15-23/h4-15,17H,16H2,1-3H3,(H,26,28)/t17-/m1/s1. The Morgan fingerprint density at radius 2 is 1.42 bits per heavy atom. The molecule has 0 spiro atoms. The molecule has 9 heteroatoms. The molecule has 174 valence electrons. The van der Waals surface area contributed by atoms with E-state index >= 15 is 0 Å². The number of benzene rings is 3. The molecule has 0 aliphatic heterocycles. The van der Waals surface area contributed by atoms with E-state index in [0.717, 1.165) is 22.0 Å². The van der Waals surface area contributed by atoms with Gasteiger partial charge in [0.1, 0.15) is 23.9 Å². The van der Waals surface area contributed by atoms with Crippen molar-refractivity contribution >= 4 is 21.6 Å². The second-order valence-corrected chi connectivity index (χ2v) is 9.09. The van der Waals surface area contributed by atoms with Crippen LogP contribution in [0.15, 0.2) is 77.7 Å². The number of ether oxygens (including phenoxy) is 2. The van der Waals surface area contributed by atoms with Crippen molar-refractivity contribution in [3.63, 3.8) is 0 Å². The molecule has 0 radical (unpaired) electrons. The maximum Gasteiger partial charge on any atom is 0.264 e. The second-order valence-electron chi connectivity index (χ2n) is 7.23. The molecule has 0 aliphatic carbocycles. The van der Waals surface area contributed by atoms with Gasteiger partial charge < -0.3 is 14.8 Å². The van der Waals surface area contributed by atoms with Gasteiger partial charge in [0.25, 0.3) is 10.0 Å². The molecule has 3 rings (SSSR count). The number of amides is 1. The van der Waals surface area contributed by atoms with Gasteiger partial charge in [0.15, 0.2) is 0 Å². The molecule has 3 aromatic carbocycles. The molecule has 1 amide bonds. The van der Waals surface area contributed by atoms with Crippen molar-refractivity contribution in [1.82, 2.24) is 5.32 Å². The van der Waals surface area contributed by atoms with E-state index in [0.29, 0.717) is 11.5 Å². The average Bonchev–Trinajstić information content (AvgIpc) is 2.83. The Morgan fingerprint density at radius 3 is 1.94 bits per heavy atom. The van der Waals surface area contributed by atoms with Crippen LogP contribution in [0.5, 0.6) is 11.5 Å². The highest BCUT2D eigenvalue weighted by molar-refractivity contribution is 7.92. The van der Waals surface area contributed by atoms with Crippen molar-refractivity contribution in [3.05, 3.63) is 84.2 Å². The third kappa shape index (κ3) is 5.81. The molecule has 1 atom stereocenters. The van der Waals surface area contributed by atoms with Crippen LogP contribution in [0.3, 0.4) is 0 Å². The number of methoxy groups -OCH3 is 2. The fraction of sp³-hybridized carbons (Fsp3) is 0.208. The quantitative estimate of drug-likeness (QED) is 0.510. The number of nitrogens with zero attached hydrogens (tertiary/aromatic N) is 1. The molecule has 0 saturated heterocycles. The molecule has 7 nitrogen and oxygen atoms in total. The summed E-state index contributed by atoms with van der Waals surface area (Å²) in [5.41, 5.74) is 0.995. The Kier molecular flexibility index (Phi) is 7.55. The van der Waals surface area contributed by atoms with Gasteiger partial charge in [-0.2, -0.15) is 0 Å². The molecule has 0 heterocycles. The van der Waals surface area contributed by atoms with E-state index in [1.165, 1.54) is 43.5 Å². The second kappa shape index (κ2) is 10.4. The number of anilines is 1. The summed E-state index contributed by atoms with van der Waals surface area (Å²) in [6, 6.07) is 17.5. The van der Waals surface area contributed by atoms with E-state index in [4.69, 9.17) is 9.47 Å². The molecule has 0 fully saturated rings. The minimum atomic E-state index is -4.12. The average molecular weight is 473 g/mol. The zero-order valence-electron chi connectivity index (χ0n) is 18.5. The number of carbonyl (C=O) groups is 1. The first-order chi connectivity index (χ1) is 15.7. The molecule has 0 unspecified atom stereocenters. The Bertz CT molecular complexity index is 1180. The number of carbonyl (C=O) groups excluding carboxylic acids is 1. The summed E-state index contributed by atoms with van der Waals surface area (Å²) in [5.74, 6) is 0.150. The minimum absolute atomic E-state index is 0.0244. The first-order valence-corrected chi connectivity index (χ1v) is 11.5. The van der Waals surface area contributed by atoms with Crippen LogP contribution >= 0.6 is 0 Å². The van der Waals surface area contributed by atoms with Crippen molar-refractivity contribution < 1.29 is 27.1 Å². The van der Waals surface area contributed by atoms with E-state index in [1.54, 1.807) is 26.2 Å². The number of sulfonamides is 1. The lowest BCUT2D eigenvalue weighted by Crippen LogP contribution is -2.41. The van der Waals surface area contributed by atoms with Gasteiger partial charge in [-0.3, -0.25) is 9.10 Å². The first kappa shape index (κ1) is 24.1. The summed E-state index contributed by atoms with van der Waals surface area (Å²) in [5, 5.41) is 2.81. The molecule has 0 aromatic heterocycles. The molecule has 0 saturated carbocycles. The monoisotopic (exact) mass is 472 g/mol. The Balaban J connectivity index is 1.86. The summed E-state index contributed by atoms with van der Waals surface area (Å²) >= 11 is 0. The number of hydrogen-bond donors (Lipinski definition) is 1. The van der Waals surface area contributed by atoms with Gasteiger partial charge in [-0.05, 0) is 73.2 Å². The number of halogens is 1. The third-order valence-electron chi connectivity index (χ3n) is 5.04. The lowest BCUT2D eigenvalue weighted by Gasteiger charge is -2.25. The first-order valence-electron chi connectivity index (χ1n) is 10.1. The number of hydrogen-bond acceptors (Lipinski definition) is 5.